The molecule has 0 aromatic carbocycles. The summed E-state index contributed by atoms with van der Waals surface area (Å²) in [5.41, 5.74) is 1.43. The van der Waals surface area contributed by atoms with E-state index in [0.29, 0.717) is 16.2 Å². The summed E-state index contributed by atoms with van der Waals surface area (Å²) in [6.07, 6.45) is 3.12. The van der Waals surface area contributed by atoms with E-state index in [-0.39, 0.29) is 12.2 Å². The van der Waals surface area contributed by atoms with Crippen LogP contribution in [0, 0.1) is 6.92 Å². The van der Waals surface area contributed by atoms with Gasteiger partial charge in [-0.15, -0.1) is 11.3 Å². The van der Waals surface area contributed by atoms with Crippen LogP contribution < -0.4 is 5.56 Å². The lowest BCUT2D eigenvalue weighted by Gasteiger charge is -2.04. The molecule has 3 rings (SSSR count). The second-order valence-corrected chi connectivity index (χ2v) is 5.28. The molecule has 0 fully saturated rings. The molecule has 0 spiro atoms. The van der Waals surface area contributed by atoms with Crippen molar-refractivity contribution in [1.82, 2.24) is 14.4 Å². The smallest absolute Gasteiger partial charge is 0.340 e. The monoisotopic (exact) mass is 301 g/mol. The Morgan fingerprint density at radius 2 is 2.29 bits per heavy atom. The molecule has 3 heterocycles. The number of nitrogens with zero attached hydrogens (tertiary/aromatic N) is 3. The molecule has 3 aromatic rings. The second-order valence-electron chi connectivity index (χ2n) is 4.41. The van der Waals surface area contributed by atoms with Gasteiger partial charge >= 0.3 is 5.97 Å². The first-order valence-corrected chi connectivity index (χ1v) is 7.07. The summed E-state index contributed by atoms with van der Waals surface area (Å²) < 4.78 is 6.59. The van der Waals surface area contributed by atoms with E-state index in [2.05, 4.69) is 9.97 Å². The van der Waals surface area contributed by atoms with Crippen molar-refractivity contribution >= 4 is 22.3 Å². The Bertz CT molecular complexity index is 852. The second kappa shape index (κ2) is 5.45. The Labute approximate surface area is 123 Å². The van der Waals surface area contributed by atoms with E-state index >= 15 is 0 Å². The van der Waals surface area contributed by atoms with Gasteiger partial charge in [0.15, 0.2) is 4.96 Å². The number of thiazole rings is 1. The first-order valence-electron chi connectivity index (χ1n) is 6.19. The van der Waals surface area contributed by atoms with Crippen LogP contribution in [-0.4, -0.2) is 20.3 Å². The van der Waals surface area contributed by atoms with Crippen LogP contribution >= 0.6 is 11.3 Å². The Kier molecular flexibility index (Phi) is 3.49. The van der Waals surface area contributed by atoms with Crippen molar-refractivity contribution in [3.63, 3.8) is 0 Å². The molecular weight excluding hydrogens is 290 g/mol. The fraction of sp³-hybridized carbons (Fsp3) is 0.143. The highest BCUT2D eigenvalue weighted by atomic mass is 32.1. The molecule has 0 bridgehead atoms. The van der Waals surface area contributed by atoms with Crippen molar-refractivity contribution in [2.75, 3.05) is 0 Å². The third-order valence-corrected chi connectivity index (χ3v) is 3.61. The van der Waals surface area contributed by atoms with Gasteiger partial charge in [0.25, 0.3) is 5.56 Å². The number of pyridine rings is 1. The number of ether oxygens (including phenoxy) is 1. The van der Waals surface area contributed by atoms with Crippen LogP contribution in [0.2, 0.25) is 0 Å². The Morgan fingerprint density at radius 3 is 3.05 bits per heavy atom. The number of aromatic nitrogens is 3. The molecule has 0 saturated carbocycles. The predicted octanol–water partition coefficient (Wildman–Crippen LogP) is 1.82. The Hall–Kier alpha value is -2.54. The average molecular weight is 301 g/mol. The van der Waals surface area contributed by atoms with Crippen LogP contribution in [0.5, 0.6) is 0 Å². The van der Waals surface area contributed by atoms with Crippen LogP contribution in [0.4, 0.5) is 0 Å². The highest BCUT2D eigenvalue weighted by molar-refractivity contribution is 7.15. The number of carbonyl (C=O) groups excluding carboxylic acids is 1. The van der Waals surface area contributed by atoms with Crippen LogP contribution in [0.3, 0.4) is 0 Å². The molecular formula is C14H11N3O3S. The van der Waals surface area contributed by atoms with E-state index < -0.39 is 5.97 Å². The molecule has 6 nitrogen and oxygen atoms in total. The number of rotatable bonds is 3. The summed E-state index contributed by atoms with van der Waals surface area (Å²) in [4.78, 5) is 32.5. The summed E-state index contributed by atoms with van der Waals surface area (Å²) in [7, 11) is 0. The summed E-state index contributed by atoms with van der Waals surface area (Å²) >= 11 is 1.35. The third kappa shape index (κ3) is 2.82. The molecule has 0 radical (unpaired) electrons. The van der Waals surface area contributed by atoms with Crippen LogP contribution in [0.25, 0.3) is 4.96 Å². The van der Waals surface area contributed by atoms with E-state index in [1.165, 1.54) is 28.0 Å². The van der Waals surface area contributed by atoms with E-state index in [4.69, 9.17) is 4.74 Å². The van der Waals surface area contributed by atoms with E-state index in [9.17, 15) is 9.59 Å². The quantitative estimate of drug-likeness (QED) is 0.690. The summed E-state index contributed by atoms with van der Waals surface area (Å²) in [6.45, 7) is 1.79. The lowest BCUT2D eigenvalue weighted by atomic mass is 10.2. The number of aryl methyl sites for hydroxylation is 1. The lowest BCUT2D eigenvalue weighted by Crippen LogP contribution is -2.14. The number of hydrogen-bond donors (Lipinski definition) is 0. The Morgan fingerprint density at radius 1 is 1.43 bits per heavy atom. The minimum atomic E-state index is -0.490. The van der Waals surface area contributed by atoms with Crippen molar-refractivity contribution in [1.29, 1.82) is 0 Å². The van der Waals surface area contributed by atoms with Gasteiger partial charge in [-0.2, -0.15) is 0 Å². The van der Waals surface area contributed by atoms with Gasteiger partial charge in [0.2, 0.25) is 0 Å². The Balaban J connectivity index is 1.75. The van der Waals surface area contributed by atoms with Crippen LogP contribution in [0.1, 0.15) is 21.7 Å². The van der Waals surface area contributed by atoms with Gasteiger partial charge in [-0.05, 0) is 19.1 Å². The molecule has 0 N–H and O–H groups in total. The molecule has 0 saturated heterocycles. The zero-order valence-electron chi connectivity index (χ0n) is 11.1. The number of esters is 1. The van der Waals surface area contributed by atoms with Gasteiger partial charge in [0.05, 0.1) is 11.3 Å². The maximum absolute atomic E-state index is 11.9. The zero-order chi connectivity index (χ0) is 14.8. The lowest BCUT2D eigenvalue weighted by molar-refractivity contribution is 0.0467. The zero-order valence-corrected chi connectivity index (χ0v) is 12.0. The number of carbonyl (C=O) groups is 1. The van der Waals surface area contributed by atoms with Gasteiger partial charge in [0, 0.05) is 29.5 Å². The minimum absolute atomic E-state index is 0.0453. The van der Waals surface area contributed by atoms with Crippen molar-refractivity contribution < 1.29 is 9.53 Å². The fourth-order valence-electron chi connectivity index (χ4n) is 1.77. The summed E-state index contributed by atoms with van der Waals surface area (Å²) in [5.74, 6) is -0.490. The van der Waals surface area contributed by atoms with Crippen LogP contribution in [-0.2, 0) is 11.3 Å². The van der Waals surface area contributed by atoms with Gasteiger partial charge in [0.1, 0.15) is 6.61 Å². The van der Waals surface area contributed by atoms with Crippen molar-refractivity contribution in [3.8, 4) is 0 Å². The van der Waals surface area contributed by atoms with Gasteiger partial charge < -0.3 is 4.74 Å². The highest BCUT2D eigenvalue weighted by Crippen LogP contribution is 2.08. The molecule has 106 valence electrons. The molecule has 0 aliphatic heterocycles. The SMILES string of the molecule is Cc1ccc(C(=O)OCc2cc(=O)n3ccsc3n2)cn1. The number of fused-ring (bicyclic) bond motifs is 1. The highest BCUT2D eigenvalue weighted by Gasteiger charge is 2.09. The minimum Gasteiger partial charge on any atom is -0.456 e. The van der Waals surface area contributed by atoms with Gasteiger partial charge in [-0.3, -0.25) is 14.2 Å². The molecule has 0 amide bonds. The van der Waals surface area contributed by atoms with Gasteiger partial charge in [-0.1, -0.05) is 0 Å². The first kappa shape index (κ1) is 13.4. The van der Waals surface area contributed by atoms with E-state index in [1.807, 2.05) is 6.92 Å². The molecule has 0 aliphatic rings. The maximum atomic E-state index is 11.9. The predicted molar refractivity (Wildman–Crippen MR) is 77.4 cm³/mol. The maximum Gasteiger partial charge on any atom is 0.340 e. The summed E-state index contributed by atoms with van der Waals surface area (Å²) in [5, 5.41) is 1.78. The molecule has 0 atom stereocenters. The van der Waals surface area contributed by atoms with Crippen molar-refractivity contribution in [2.45, 2.75) is 13.5 Å². The number of hydrogen-bond acceptors (Lipinski definition) is 6. The van der Waals surface area contributed by atoms with Gasteiger partial charge in [-0.25, -0.2) is 9.78 Å². The summed E-state index contributed by atoms with van der Waals surface area (Å²) in [6, 6.07) is 4.74. The molecule has 7 heteroatoms. The van der Waals surface area contributed by atoms with Crippen LogP contribution in [0.15, 0.2) is 40.8 Å². The molecule has 0 aliphatic carbocycles. The fourth-order valence-corrected chi connectivity index (χ4v) is 2.51. The molecule has 0 unspecified atom stereocenters. The molecule has 21 heavy (non-hydrogen) atoms. The van der Waals surface area contributed by atoms with Crippen molar-refractivity contribution in [2.24, 2.45) is 0 Å². The van der Waals surface area contributed by atoms with Crippen molar-refractivity contribution in [3.05, 3.63) is 63.3 Å². The topological polar surface area (TPSA) is 73.6 Å². The van der Waals surface area contributed by atoms with E-state index in [1.54, 1.807) is 23.7 Å². The first-order chi connectivity index (χ1) is 10.1. The third-order valence-electron chi connectivity index (χ3n) is 2.85. The van der Waals surface area contributed by atoms with E-state index in [0.717, 1.165) is 5.69 Å². The normalized spacial score (nSPS) is 10.7. The molecule has 3 aromatic heterocycles. The largest absolute Gasteiger partial charge is 0.456 e. The average Bonchev–Trinajstić information content (AvgIpc) is 2.94. The standard InChI is InChI=1S/C14H11N3O3S/c1-9-2-3-10(7-15-9)13(19)20-8-11-6-12(18)17-4-5-21-14(17)16-11/h2-7H,8H2,1H3.